The summed E-state index contributed by atoms with van der Waals surface area (Å²) in [7, 11) is 0. The van der Waals surface area contributed by atoms with Crippen molar-refractivity contribution in [3.05, 3.63) is 42.0 Å². The number of benzene rings is 1. The van der Waals surface area contributed by atoms with Crippen LogP contribution < -0.4 is 0 Å². The molecule has 0 atom stereocenters. The van der Waals surface area contributed by atoms with Crippen LogP contribution in [0.15, 0.2) is 34.9 Å². The molecule has 2 aromatic rings. The molecule has 0 bridgehead atoms. The van der Waals surface area contributed by atoms with Crippen LogP contribution in [-0.4, -0.2) is 33.7 Å². The van der Waals surface area contributed by atoms with Crippen LogP contribution in [0, 0.1) is 5.82 Å². The Morgan fingerprint density at radius 3 is 2.95 bits per heavy atom. The fraction of sp³-hybridized carbons (Fsp3) is 0.438. The van der Waals surface area contributed by atoms with E-state index in [1.807, 2.05) is 0 Å². The molecule has 1 aliphatic rings. The first-order valence-electron chi connectivity index (χ1n) is 7.23. The number of rotatable bonds is 5. The number of nitrogens with zero attached hydrogens (tertiary/aromatic N) is 2. The van der Waals surface area contributed by atoms with E-state index in [0.717, 1.165) is 18.5 Å². The van der Waals surface area contributed by atoms with Gasteiger partial charge in [-0.15, -0.1) is 0 Å². The predicted molar refractivity (Wildman–Crippen MR) is 77.0 cm³/mol. The predicted octanol–water partition coefficient (Wildman–Crippen LogP) is 2.83. The van der Waals surface area contributed by atoms with Gasteiger partial charge >= 0.3 is 0 Å². The lowest BCUT2D eigenvalue weighted by Gasteiger charge is -2.46. The maximum atomic E-state index is 13.2. The molecule has 0 saturated carbocycles. The molecule has 112 valence electrons. The first-order valence-corrected chi connectivity index (χ1v) is 7.23. The lowest BCUT2D eigenvalue weighted by molar-refractivity contribution is -0.107. The second kappa shape index (κ2) is 5.58. The molecule has 1 aromatic carbocycles. The zero-order valence-electron chi connectivity index (χ0n) is 12.1. The standard InChI is InChI=1S/C16H19FN2O2/c1-2-6-16(20)10-19(11-16)8-14-9-21-15(18-14)12-4-3-5-13(17)7-12/h3-5,7,9,20H,2,6,8,10-11H2,1H3. The van der Waals surface area contributed by atoms with Crippen molar-refractivity contribution < 1.29 is 13.9 Å². The number of aromatic nitrogens is 1. The van der Waals surface area contributed by atoms with Gasteiger partial charge in [-0.2, -0.15) is 0 Å². The van der Waals surface area contributed by atoms with Crippen LogP contribution in [0.1, 0.15) is 25.5 Å². The van der Waals surface area contributed by atoms with Crippen LogP contribution in [0.5, 0.6) is 0 Å². The van der Waals surface area contributed by atoms with E-state index in [-0.39, 0.29) is 5.82 Å². The molecule has 5 heteroatoms. The fourth-order valence-electron chi connectivity index (χ4n) is 2.88. The topological polar surface area (TPSA) is 49.5 Å². The fourth-order valence-corrected chi connectivity index (χ4v) is 2.88. The highest BCUT2D eigenvalue weighted by molar-refractivity contribution is 5.52. The average molecular weight is 290 g/mol. The Bertz CT molecular complexity index is 620. The van der Waals surface area contributed by atoms with E-state index in [1.54, 1.807) is 18.4 Å². The molecule has 0 aliphatic carbocycles. The van der Waals surface area contributed by atoms with Crippen molar-refractivity contribution in [2.24, 2.45) is 0 Å². The summed E-state index contributed by atoms with van der Waals surface area (Å²) in [5.74, 6) is 0.119. The SMILES string of the molecule is CCCC1(O)CN(Cc2coc(-c3cccc(F)c3)n2)C1. The van der Waals surface area contributed by atoms with Gasteiger partial charge in [0.05, 0.1) is 11.3 Å². The normalized spacial score (nSPS) is 17.7. The van der Waals surface area contributed by atoms with Crippen molar-refractivity contribution >= 4 is 0 Å². The van der Waals surface area contributed by atoms with E-state index in [4.69, 9.17) is 4.42 Å². The van der Waals surface area contributed by atoms with E-state index >= 15 is 0 Å². The van der Waals surface area contributed by atoms with Gasteiger partial charge in [0.1, 0.15) is 12.1 Å². The molecule has 0 unspecified atom stereocenters. The number of hydrogen-bond acceptors (Lipinski definition) is 4. The maximum Gasteiger partial charge on any atom is 0.226 e. The van der Waals surface area contributed by atoms with E-state index in [2.05, 4.69) is 16.8 Å². The highest BCUT2D eigenvalue weighted by Crippen LogP contribution is 2.28. The summed E-state index contributed by atoms with van der Waals surface area (Å²) < 4.78 is 18.6. The molecule has 4 nitrogen and oxygen atoms in total. The number of likely N-dealkylation sites (tertiary alicyclic amines) is 1. The molecule has 1 fully saturated rings. The van der Waals surface area contributed by atoms with E-state index in [0.29, 0.717) is 31.1 Å². The molecule has 0 amide bonds. The lowest BCUT2D eigenvalue weighted by atomic mass is 9.89. The van der Waals surface area contributed by atoms with Crippen molar-refractivity contribution in [1.82, 2.24) is 9.88 Å². The molecule has 0 radical (unpaired) electrons. The Labute approximate surface area is 123 Å². The summed E-state index contributed by atoms with van der Waals surface area (Å²) in [6.07, 6.45) is 3.41. The monoisotopic (exact) mass is 290 g/mol. The van der Waals surface area contributed by atoms with Crippen LogP contribution in [0.25, 0.3) is 11.5 Å². The lowest BCUT2D eigenvalue weighted by Crippen LogP contribution is -2.60. The minimum absolute atomic E-state index is 0.306. The quantitative estimate of drug-likeness (QED) is 0.920. The third kappa shape index (κ3) is 3.14. The number of hydrogen-bond donors (Lipinski definition) is 1. The summed E-state index contributed by atoms with van der Waals surface area (Å²) in [6, 6.07) is 6.19. The molecule has 1 saturated heterocycles. The van der Waals surface area contributed by atoms with Gasteiger partial charge in [0.15, 0.2) is 0 Å². The molecule has 2 heterocycles. The molecular formula is C16H19FN2O2. The average Bonchev–Trinajstić information content (AvgIpc) is 2.86. The first-order chi connectivity index (χ1) is 10.1. The smallest absolute Gasteiger partial charge is 0.226 e. The van der Waals surface area contributed by atoms with Crippen LogP contribution >= 0.6 is 0 Å². The Balaban J connectivity index is 1.62. The van der Waals surface area contributed by atoms with Crippen molar-refractivity contribution in [2.75, 3.05) is 13.1 Å². The summed E-state index contributed by atoms with van der Waals surface area (Å²) in [6.45, 7) is 4.06. The number of halogens is 1. The van der Waals surface area contributed by atoms with Crippen LogP contribution in [0.3, 0.4) is 0 Å². The molecule has 3 rings (SSSR count). The zero-order valence-corrected chi connectivity index (χ0v) is 12.1. The minimum Gasteiger partial charge on any atom is -0.444 e. The summed E-state index contributed by atoms with van der Waals surface area (Å²) >= 11 is 0. The zero-order chi connectivity index (χ0) is 14.9. The minimum atomic E-state index is -0.538. The third-order valence-electron chi connectivity index (χ3n) is 3.76. The van der Waals surface area contributed by atoms with Gasteiger partial charge in [0, 0.05) is 25.2 Å². The van der Waals surface area contributed by atoms with E-state index < -0.39 is 5.60 Å². The molecule has 1 aliphatic heterocycles. The van der Waals surface area contributed by atoms with Crippen LogP contribution in [0.4, 0.5) is 4.39 Å². The number of oxazole rings is 1. The van der Waals surface area contributed by atoms with Gasteiger partial charge in [-0.3, -0.25) is 4.90 Å². The number of β-amino-alcohol motifs (C(OH)–C–C–N with tert-alkyl or cyclic N) is 1. The second-order valence-corrected chi connectivity index (χ2v) is 5.77. The van der Waals surface area contributed by atoms with E-state index in [1.165, 1.54) is 12.1 Å². The first kappa shape index (κ1) is 14.2. The molecule has 1 aromatic heterocycles. The molecule has 21 heavy (non-hydrogen) atoms. The molecule has 0 spiro atoms. The van der Waals surface area contributed by atoms with Crippen molar-refractivity contribution in [3.63, 3.8) is 0 Å². The van der Waals surface area contributed by atoms with Crippen molar-refractivity contribution in [1.29, 1.82) is 0 Å². The Kier molecular flexibility index (Phi) is 3.78. The van der Waals surface area contributed by atoms with Crippen LogP contribution in [-0.2, 0) is 6.54 Å². The highest BCUT2D eigenvalue weighted by atomic mass is 19.1. The van der Waals surface area contributed by atoms with Gasteiger partial charge < -0.3 is 9.52 Å². The number of aliphatic hydroxyl groups is 1. The van der Waals surface area contributed by atoms with Crippen molar-refractivity contribution in [3.8, 4) is 11.5 Å². The van der Waals surface area contributed by atoms with Crippen LogP contribution in [0.2, 0.25) is 0 Å². The molecule has 1 N–H and O–H groups in total. The molecular weight excluding hydrogens is 271 g/mol. The van der Waals surface area contributed by atoms with Gasteiger partial charge in [0.2, 0.25) is 5.89 Å². The largest absolute Gasteiger partial charge is 0.444 e. The van der Waals surface area contributed by atoms with Gasteiger partial charge in [-0.05, 0) is 24.6 Å². The second-order valence-electron chi connectivity index (χ2n) is 5.77. The maximum absolute atomic E-state index is 13.2. The Hall–Kier alpha value is -1.72. The highest BCUT2D eigenvalue weighted by Gasteiger charge is 2.40. The third-order valence-corrected chi connectivity index (χ3v) is 3.76. The Morgan fingerprint density at radius 2 is 2.24 bits per heavy atom. The summed E-state index contributed by atoms with van der Waals surface area (Å²) in [5, 5.41) is 10.1. The van der Waals surface area contributed by atoms with E-state index in [9.17, 15) is 9.50 Å². The van der Waals surface area contributed by atoms with Gasteiger partial charge in [-0.1, -0.05) is 19.4 Å². The summed E-state index contributed by atoms with van der Waals surface area (Å²) in [4.78, 5) is 6.51. The Morgan fingerprint density at radius 1 is 1.43 bits per heavy atom. The van der Waals surface area contributed by atoms with Gasteiger partial charge in [-0.25, -0.2) is 9.37 Å². The van der Waals surface area contributed by atoms with Crippen molar-refractivity contribution in [2.45, 2.75) is 31.9 Å². The summed E-state index contributed by atoms with van der Waals surface area (Å²) in [5.41, 5.74) is 0.893. The van der Waals surface area contributed by atoms with Gasteiger partial charge in [0.25, 0.3) is 0 Å².